The summed E-state index contributed by atoms with van der Waals surface area (Å²) in [4.78, 5) is 16.9. The number of nitrogens with zero attached hydrogens (tertiary/aromatic N) is 2. The highest BCUT2D eigenvalue weighted by molar-refractivity contribution is 5.87. The molecular formula is C12H16N2O3. The fourth-order valence-electron chi connectivity index (χ4n) is 2.05. The summed E-state index contributed by atoms with van der Waals surface area (Å²) >= 11 is 0. The number of carbonyl (C=O) groups is 1. The van der Waals surface area contributed by atoms with Gasteiger partial charge in [-0.05, 0) is 32.0 Å². The summed E-state index contributed by atoms with van der Waals surface area (Å²) in [5.41, 5.74) is 0.571. The monoisotopic (exact) mass is 236 g/mol. The number of aromatic hydroxyl groups is 1. The first-order valence-electron chi connectivity index (χ1n) is 5.80. The van der Waals surface area contributed by atoms with E-state index in [0.717, 1.165) is 13.1 Å². The molecule has 92 valence electrons. The fraction of sp³-hybridized carbons (Fsp3) is 0.500. The van der Waals surface area contributed by atoms with E-state index in [9.17, 15) is 9.90 Å². The van der Waals surface area contributed by atoms with Gasteiger partial charge in [-0.15, -0.1) is 0 Å². The normalized spacial score (nSPS) is 16.9. The summed E-state index contributed by atoms with van der Waals surface area (Å²) in [6.07, 6.45) is 4.90. The Morgan fingerprint density at radius 2 is 2.06 bits per heavy atom. The van der Waals surface area contributed by atoms with Crippen LogP contribution in [0.2, 0.25) is 0 Å². The molecule has 0 saturated carbocycles. The van der Waals surface area contributed by atoms with Crippen molar-refractivity contribution in [3.8, 4) is 5.75 Å². The molecule has 5 heteroatoms. The topological polar surface area (TPSA) is 73.7 Å². The zero-order chi connectivity index (χ0) is 12.3. The quantitative estimate of drug-likeness (QED) is 0.831. The lowest BCUT2D eigenvalue weighted by Gasteiger charge is -2.26. The maximum absolute atomic E-state index is 10.7. The maximum atomic E-state index is 10.7. The molecule has 0 unspecified atom stereocenters. The third-order valence-electron chi connectivity index (χ3n) is 3.02. The molecule has 1 aliphatic rings. The second kappa shape index (κ2) is 5.14. The van der Waals surface area contributed by atoms with Gasteiger partial charge in [0.05, 0.1) is 11.3 Å². The van der Waals surface area contributed by atoms with Crippen LogP contribution in [0, 0.1) is 0 Å². The average Bonchev–Trinajstić information content (AvgIpc) is 2.33. The molecule has 1 fully saturated rings. The number of carboxylic acids is 1. The van der Waals surface area contributed by atoms with Gasteiger partial charge in [-0.3, -0.25) is 9.88 Å². The lowest BCUT2D eigenvalue weighted by molar-refractivity contribution is 0.0696. The number of piperidine rings is 1. The largest absolute Gasteiger partial charge is 0.506 e. The van der Waals surface area contributed by atoms with Crippen LogP contribution in [-0.2, 0) is 6.54 Å². The van der Waals surface area contributed by atoms with Gasteiger partial charge < -0.3 is 10.2 Å². The number of aromatic carboxylic acids is 1. The number of likely N-dealkylation sites (tertiary alicyclic amines) is 1. The molecule has 0 spiro atoms. The summed E-state index contributed by atoms with van der Waals surface area (Å²) in [7, 11) is 0. The van der Waals surface area contributed by atoms with Crippen molar-refractivity contribution in [2.45, 2.75) is 25.8 Å². The first kappa shape index (κ1) is 11.9. The number of aromatic nitrogens is 1. The summed E-state index contributed by atoms with van der Waals surface area (Å²) in [6, 6.07) is 1.26. The summed E-state index contributed by atoms with van der Waals surface area (Å²) in [6.45, 7) is 2.62. The van der Waals surface area contributed by atoms with Crippen molar-refractivity contribution in [1.29, 1.82) is 0 Å². The zero-order valence-corrected chi connectivity index (χ0v) is 9.59. The van der Waals surface area contributed by atoms with Crippen LogP contribution in [0.3, 0.4) is 0 Å². The highest BCUT2D eigenvalue weighted by Crippen LogP contribution is 2.19. The molecule has 2 heterocycles. The molecule has 17 heavy (non-hydrogen) atoms. The van der Waals surface area contributed by atoms with Gasteiger partial charge in [0.15, 0.2) is 0 Å². The van der Waals surface area contributed by atoms with Gasteiger partial charge in [-0.1, -0.05) is 6.42 Å². The Bertz CT molecular complexity index is 414. The van der Waals surface area contributed by atoms with Crippen LogP contribution in [0.4, 0.5) is 0 Å². The highest BCUT2D eigenvalue weighted by atomic mass is 16.4. The van der Waals surface area contributed by atoms with E-state index in [-0.39, 0.29) is 11.3 Å². The van der Waals surface area contributed by atoms with E-state index >= 15 is 0 Å². The Morgan fingerprint density at radius 3 is 2.65 bits per heavy atom. The Morgan fingerprint density at radius 1 is 1.35 bits per heavy atom. The van der Waals surface area contributed by atoms with Crippen molar-refractivity contribution in [3.05, 3.63) is 23.5 Å². The van der Waals surface area contributed by atoms with Crippen molar-refractivity contribution in [1.82, 2.24) is 9.88 Å². The van der Waals surface area contributed by atoms with Crippen molar-refractivity contribution >= 4 is 5.97 Å². The van der Waals surface area contributed by atoms with E-state index in [4.69, 9.17) is 5.11 Å². The molecule has 0 amide bonds. The second-order valence-corrected chi connectivity index (χ2v) is 4.33. The number of pyridine rings is 1. The SMILES string of the molecule is O=C(O)c1cnc(CN2CCCCC2)c(O)c1. The second-order valence-electron chi connectivity index (χ2n) is 4.33. The van der Waals surface area contributed by atoms with E-state index < -0.39 is 5.97 Å². The van der Waals surface area contributed by atoms with Crippen LogP contribution >= 0.6 is 0 Å². The Kier molecular flexibility index (Phi) is 3.58. The molecular weight excluding hydrogens is 220 g/mol. The molecule has 2 rings (SSSR count). The highest BCUT2D eigenvalue weighted by Gasteiger charge is 2.14. The number of rotatable bonds is 3. The third-order valence-corrected chi connectivity index (χ3v) is 3.02. The van der Waals surface area contributed by atoms with Crippen LogP contribution in [0.25, 0.3) is 0 Å². The lowest BCUT2D eigenvalue weighted by Crippen LogP contribution is -2.29. The molecule has 0 atom stereocenters. The van der Waals surface area contributed by atoms with Crippen molar-refractivity contribution in [2.75, 3.05) is 13.1 Å². The van der Waals surface area contributed by atoms with Gasteiger partial charge >= 0.3 is 5.97 Å². The van der Waals surface area contributed by atoms with E-state index in [2.05, 4.69) is 9.88 Å². The number of hydrogen-bond acceptors (Lipinski definition) is 4. The molecule has 0 aliphatic carbocycles. The maximum Gasteiger partial charge on any atom is 0.337 e. The molecule has 1 aliphatic heterocycles. The number of carboxylic acid groups (broad SMARTS) is 1. The predicted octanol–water partition coefficient (Wildman–Crippen LogP) is 1.47. The van der Waals surface area contributed by atoms with Crippen LogP contribution < -0.4 is 0 Å². The van der Waals surface area contributed by atoms with Crippen LogP contribution in [0.5, 0.6) is 5.75 Å². The van der Waals surface area contributed by atoms with Gasteiger partial charge in [0.2, 0.25) is 0 Å². The average molecular weight is 236 g/mol. The first-order valence-corrected chi connectivity index (χ1v) is 5.80. The minimum atomic E-state index is -1.07. The van der Waals surface area contributed by atoms with Gasteiger partial charge in [-0.25, -0.2) is 4.79 Å². The predicted molar refractivity (Wildman–Crippen MR) is 62.0 cm³/mol. The van der Waals surface area contributed by atoms with Crippen molar-refractivity contribution in [2.24, 2.45) is 0 Å². The molecule has 5 nitrogen and oxygen atoms in total. The Labute approximate surface area is 99.7 Å². The molecule has 1 saturated heterocycles. The lowest BCUT2D eigenvalue weighted by atomic mass is 10.1. The van der Waals surface area contributed by atoms with E-state index in [0.29, 0.717) is 12.2 Å². The zero-order valence-electron chi connectivity index (χ0n) is 9.59. The van der Waals surface area contributed by atoms with Crippen molar-refractivity contribution < 1.29 is 15.0 Å². The fourth-order valence-corrected chi connectivity index (χ4v) is 2.05. The minimum Gasteiger partial charge on any atom is -0.506 e. The number of hydrogen-bond donors (Lipinski definition) is 2. The molecule has 0 radical (unpaired) electrons. The third kappa shape index (κ3) is 2.94. The van der Waals surface area contributed by atoms with E-state index in [1.165, 1.54) is 31.5 Å². The minimum absolute atomic E-state index is 0.0184. The summed E-state index contributed by atoms with van der Waals surface area (Å²) < 4.78 is 0. The first-order chi connectivity index (χ1) is 8.16. The summed E-state index contributed by atoms with van der Waals surface area (Å²) in [5.74, 6) is -1.10. The molecule has 2 N–H and O–H groups in total. The van der Waals surface area contributed by atoms with Crippen LogP contribution in [-0.4, -0.2) is 39.2 Å². The van der Waals surface area contributed by atoms with Crippen LogP contribution in [0.1, 0.15) is 35.3 Å². The van der Waals surface area contributed by atoms with Crippen molar-refractivity contribution in [3.63, 3.8) is 0 Å². The Balaban J connectivity index is 2.08. The van der Waals surface area contributed by atoms with Gasteiger partial charge in [0.25, 0.3) is 0 Å². The standard InChI is InChI=1S/C12H16N2O3/c15-11-6-9(12(16)17)7-13-10(11)8-14-4-2-1-3-5-14/h6-7,15H,1-5,8H2,(H,16,17). The van der Waals surface area contributed by atoms with Gasteiger partial charge in [0.1, 0.15) is 5.75 Å². The summed E-state index contributed by atoms with van der Waals surface area (Å²) in [5, 5.41) is 18.5. The van der Waals surface area contributed by atoms with Gasteiger partial charge in [-0.2, -0.15) is 0 Å². The smallest absolute Gasteiger partial charge is 0.337 e. The molecule has 1 aromatic heterocycles. The molecule has 0 bridgehead atoms. The van der Waals surface area contributed by atoms with E-state index in [1.54, 1.807) is 0 Å². The van der Waals surface area contributed by atoms with Gasteiger partial charge in [0, 0.05) is 12.7 Å². The molecule has 0 aromatic carbocycles. The molecule has 1 aromatic rings. The van der Waals surface area contributed by atoms with E-state index in [1.807, 2.05) is 0 Å². The Hall–Kier alpha value is -1.62. The van der Waals surface area contributed by atoms with Crippen LogP contribution in [0.15, 0.2) is 12.3 Å².